The summed E-state index contributed by atoms with van der Waals surface area (Å²) in [7, 11) is 0. The summed E-state index contributed by atoms with van der Waals surface area (Å²) >= 11 is 5.95. The maximum Gasteiger partial charge on any atom is 0.246 e. The number of amides is 1. The summed E-state index contributed by atoms with van der Waals surface area (Å²) in [6, 6.07) is 8.26. The summed E-state index contributed by atoms with van der Waals surface area (Å²) in [4.78, 5) is 22.6. The molecule has 0 aliphatic carbocycles. The van der Waals surface area contributed by atoms with Gasteiger partial charge in [0.25, 0.3) is 0 Å². The molecule has 2 aromatic carbocycles. The Labute approximate surface area is 207 Å². The molecule has 2 unspecified atom stereocenters. The van der Waals surface area contributed by atoms with Gasteiger partial charge in [-0.05, 0) is 36.8 Å². The minimum atomic E-state index is -0.491. The van der Waals surface area contributed by atoms with Crippen LogP contribution in [0.1, 0.15) is 12.8 Å². The van der Waals surface area contributed by atoms with E-state index in [-0.39, 0.29) is 23.1 Å². The molecule has 8 nitrogen and oxygen atoms in total. The predicted molar refractivity (Wildman–Crippen MR) is 133 cm³/mol. The topological polar surface area (TPSA) is 88.6 Å². The second-order valence-electron chi connectivity index (χ2n) is 8.56. The van der Waals surface area contributed by atoms with Crippen molar-refractivity contribution < 1.29 is 18.7 Å². The van der Waals surface area contributed by atoms with Crippen LogP contribution < -0.4 is 15.4 Å². The van der Waals surface area contributed by atoms with Gasteiger partial charge in [0.05, 0.1) is 29.4 Å². The SMILES string of the molecule is C=CC(=O)N1CCC(Nc2cc3c(Nc4ccc(F)c(Cl)c4)ncnc3cc2OC2CCOC2)C1. The third kappa shape index (κ3) is 5.16. The highest BCUT2D eigenvalue weighted by molar-refractivity contribution is 6.31. The van der Waals surface area contributed by atoms with E-state index in [1.54, 1.807) is 11.0 Å². The Hall–Kier alpha value is -3.43. The van der Waals surface area contributed by atoms with E-state index in [0.29, 0.717) is 49.1 Å². The Morgan fingerprint density at radius 1 is 1.29 bits per heavy atom. The van der Waals surface area contributed by atoms with Crippen molar-refractivity contribution in [2.24, 2.45) is 0 Å². The zero-order valence-electron chi connectivity index (χ0n) is 19.0. The highest BCUT2D eigenvalue weighted by Gasteiger charge is 2.27. The Morgan fingerprint density at radius 2 is 2.17 bits per heavy atom. The van der Waals surface area contributed by atoms with Gasteiger partial charge in [0.15, 0.2) is 0 Å². The fourth-order valence-electron chi connectivity index (χ4n) is 4.32. The molecule has 5 rings (SSSR count). The van der Waals surface area contributed by atoms with Gasteiger partial charge in [-0.3, -0.25) is 4.79 Å². The Balaban J connectivity index is 1.48. The number of benzene rings is 2. The fourth-order valence-corrected chi connectivity index (χ4v) is 4.50. The lowest BCUT2D eigenvalue weighted by molar-refractivity contribution is -0.125. The van der Waals surface area contributed by atoms with Gasteiger partial charge in [0.2, 0.25) is 5.91 Å². The number of carbonyl (C=O) groups is 1. The summed E-state index contributed by atoms with van der Waals surface area (Å²) in [5.41, 5.74) is 2.06. The van der Waals surface area contributed by atoms with Crippen molar-refractivity contribution >= 4 is 45.6 Å². The molecule has 10 heteroatoms. The van der Waals surface area contributed by atoms with Crippen LogP contribution in [0.15, 0.2) is 49.3 Å². The number of nitrogens with one attached hydrogen (secondary N) is 2. The summed E-state index contributed by atoms with van der Waals surface area (Å²) in [5, 5.41) is 7.52. The van der Waals surface area contributed by atoms with E-state index in [9.17, 15) is 9.18 Å². The Bertz CT molecular complexity index is 1270. The van der Waals surface area contributed by atoms with Crippen LogP contribution in [0.25, 0.3) is 10.9 Å². The third-order valence-corrected chi connectivity index (χ3v) is 6.42. The van der Waals surface area contributed by atoms with E-state index >= 15 is 0 Å². The van der Waals surface area contributed by atoms with Gasteiger partial charge in [0.1, 0.15) is 29.8 Å². The maximum absolute atomic E-state index is 13.6. The van der Waals surface area contributed by atoms with Crippen LogP contribution in [-0.2, 0) is 9.53 Å². The minimum Gasteiger partial charge on any atom is -0.486 e. The number of nitrogens with zero attached hydrogens (tertiary/aromatic N) is 3. The summed E-state index contributed by atoms with van der Waals surface area (Å²) in [5.74, 6) is 0.641. The first kappa shape index (κ1) is 23.3. The lowest BCUT2D eigenvalue weighted by Gasteiger charge is -2.21. The van der Waals surface area contributed by atoms with Crippen LogP contribution >= 0.6 is 11.6 Å². The predicted octanol–water partition coefficient (Wildman–Crippen LogP) is 4.53. The van der Waals surface area contributed by atoms with Crippen LogP contribution in [0.2, 0.25) is 5.02 Å². The van der Waals surface area contributed by atoms with Crippen LogP contribution in [-0.4, -0.2) is 59.2 Å². The largest absolute Gasteiger partial charge is 0.486 e. The van der Waals surface area contributed by atoms with E-state index in [4.69, 9.17) is 21.1 Å². The number of carbonyl (C=O) groups excluding carboxylic acids is 1. The highest BCUT2D eigenvalue weighted by Crippen LogP contribution is 2.36. The van der Waals surface area contributed by atoms with Crippen molar-refractivity contribution in [3.8, 4) is 5.75 Å². The molecule has 2 fully saturated rings. The molecule has 182 valence electrons. The van der Waals surface area contributed by atoms with Gasteiger partial charge in [-0.25, -0.2) is 14.4 Å². The Kier molecular flexibility index (Phi) is 6.70. The molecule has 0 saturated carbocycles. The molecule has 0 bridgehead atoms. The number of aromatic nitrogens is 2. The Morgan fingerprint density at radius 3 is 2.94 bits per heavy atom. The van der Waals surface area contributed by atoms with Crippen molar-refractivity contribution in [1.29, 1.82) is 0 Å². The number of hydrogen-bond donors (Lipinski definition) is 2. The molecule has 3 heterocycles. The number of ether oxygens (including phenoxy) is 2. The first-order valence-electron chi connectivity index (χ1n) is 11.4. The van der Waals surface area contributed by atoms with Crippen molar-refractivity contribution in [3.05, 3.63) is 60.2 Å². The lowest BCUT2D eigenvalue weighted by atomic mass is 10.1. The molecule has 2 aliphatic heterocycles. The highest BCUT2D eigenvalue weighted by atomic mass is 35.5. The smallest absolute Gasteiger partial charge is 0.246 e. The molecule has 2 aliphatic rings. The molecule has 2 N–H and O–H groups in total. The number of anilines is 3. The standard InChI is InChI=1S/C25H25ClFN5O3/c1-2-24(33)32-7-5-16(12-32)30-22-10-18-21(11-23(22)35-17-6-8-34-13-17)28-14-29-25(18)31-15-3-4-20(27)19(26)9-15/h2-4,9-11,14,16-17,30H,1,5-8,12-13H2,(H,28,29,31). The summed E-state index contributed by atoms with van der Waals surface area (Å²) < 4.78 is 25.4. The second kappa shape index (κ2) is 10.1. The molecular weight excluding hydrogens is 473 g/mol. The fraction of sp³-hybridized carbons (Fsp3) is 0.320. The van der Waals surface area contributed by atoms with Gasteiger partial charge in [-0.2, -0.15) is 0 Å². The molecule has 0 spiro atoms. The zero-order valence-corrected chi connectivity index (χ0v) is 19.7. The van der Waals surface area contributed by atoms with Crippen LogP contribution in [0.5, 0.6) is 5.75 Å². The average molecular weight is 498 g/mol. The van der Waals surface area contributed by atoms with Gasteiger partial charge >= 0.3 is 0 Å². The third-order valence-electron chi connectivity index (χ3n) is 6.13. The van der Waals surface area contributed by atoms with Crippen LogP contribution in [0, 0.1) is 5.82 Å². The van der Waals surface area contributed by atoms with E-state index < -0.39 is 5.82 Å². The van der Waals surface area contributed by atoms with E-state index in [1.807, 2.05) is 12.1 Å². The van der Waals surface area contributed by atoms with Crippen molar-refractivity contribution in [2.45, 2.75) is 25.0 Å². The molecule has 2 saturated heterocycles. The molecule has 35 heavy (non-hydrogen) atoms. The van der Waals surface area contributed by atoms with Gasteiger partial charge in [0, 0.05) is 42.7 Å². The van der Waals surface area contributed by atoms with Crippen LogP contribution in [0.4, 0.5) is 21.6 Å². The monoisotopic (exact) mass is 497 g/mol. The summed E-state index contributed by atoms with van der Waals surface area (Å²) in [6.07, 6.45) is 4.36. The molecule has 1 amide bonds. The number of halogens is 2. The normalized spacial score (nSPS) is 19.7. The minimum absolute atomic E-state index is 0.0186. The van der Waals surface area contributed by atoms with E-state index in [2.05, 4.69) is 27.2 Å². The number of likely N-dealkylation sites (tertiary alicyclic amines) is 1. The molecule has 1 aromatic heterocycles. The quantitative estimate of drug-likeness (QED) is 0.463. The number of rotatable bonds is 7. The van der Waals surface area contributed by atoms with Crippen molar-refractivity contribution in [2.75, 3.05) is 36.9 Å². The molecular formula is C25H25ClFN5O3. The van der Waals surface area contributed by atoms with Crippen molar-refractivity contribution in [3.63, 3.8) is 0 Å². The number of hydrogen-bond acceptors (Lipinski definition) is 7. The zero-order chi connectivity index (χ0) is 24.4. The van der Waals surface area contributed by atoms with Gasteiger partial charge in [-0.1, -0.05) is 18.2 Å². The van der Waals surface area contributed by atoms with Gasteiger partial charge in [-0.15, -0.1) is 0 Å². The number of fused-ring (bicyclic) bond motifs is 1. The van der Waals surface area contributed by atoms with Crippen LogP contribution in [0.3, 0.4) is 0 Å². The second-order valence-corrected chi connectivity index (χ2v) is 8.97. The molecule has 2 atom stereocenters. The summed E-state index contributed by atoms with van der Waals surface area (Å²) in [6.45, 7) is 6.00. The first-order valence-corrected chi connectivity index (χ1v) is 11.8. The van der Waals surface area contributed by atoms with E-state index in [0.717, 1.165) is 23.9 Å². The first-order chi connectivity index (χ1) is 17.0. The van der Waals surface area contributed by atoms with E-state index in [1.165, 1.54) is 24.5 Å². The van der Waals surface area contributed by atoms with Gasteiger partial charge < -0.3 is 25.0 Å². The molecule has 0 radical (unpaired) electrons. The average Bonchev–Trinajstić information content (AvgIpc) is 3.54. The lowest BCUT2D eigenvalue weighted by Crippen LogP contribution is -2.30. The molecule has 3 aromatic rings. The maximum atomic E-state index is 13.6. The van der Waals surface area contributed by atoms with Crippen molar-refractivity contribution in [1.82, 2.24) is 14.9 Å².